The fraction of sp³-hybridized carbons (Fsp3) is 1.00. The Morgan fingerprint density at radius 1 is 0.583 bits per heavy atom. The lowest BCUT2D eigenvalue weighted by Gasteiger charge is -2.39. The van der Waals surface area contributed by atoms with Gasteiger partial charge in [0.2, 0.25) is 0 Å². The molecule has 1 aliphatic heterocycles. The summed E-state index contributed by atoms with van der Waals surface area (Å²) in [5.41, 5.74) is 5.26. The largest absolute Gasteiger partial charge is 0.394 e. The van der Waals surface area contributed by atoms with Gasteiger partial charge < -0.3 is 61.5 Å². The third-order valence-corrected chi connectivity index (χ3v) is 4.05. The molecular formula is C12H25NO11. The van der Waals surface area contributed by atoms with Crippen LogP contribution in [0.15, 0.2) is 0 Å². The van der Waals surface area contributed by atoms with E-state index in [-0.39, 0.29) is 0 Å². The van der Waals surface area contributed by atoms with Gasteiger partial charge in [0.15, 0.2) is 6.29 Å². The number of ether oxygens (including phenoxy) is 1. The van der Waals surface area contributed by atoms with Crippen LogP contribution in [0.4, 0.5) is 0 Å². The zero-order valence-electron chi connectivity index (χ0n) is 12.5. The molecule has 1 saturated carbocycles. The second-order valence-corrected chi connectivity index (χ2v) is 5.75. The van der Waals surface area contributed by atoms with Crippen LogP contribution >= 0.6 is 0 Å². The molecule has 5 atom stereocenters. The molecule has 1 aliphatic carbocycles. The van der Waals surface area contributed by atoms with Gasteiger partial charge in [0.25, 0.3) is 0 Å². The van der Waals surface area contributed by atoms with Crippen LogP contribution in [-0.4, -0.2) is 125 Å². The molecular weight excluding hydrogens is 334 g/mol. The van der Waals surface area contributed by atoms with Crippen LogP contribution in [0.1, 0.15) is 0 Å². The van der Waals surface area contributed by atoms with Crippen molar-refractivity contribution < 1.29 is 55.8 Å². The molecule has 1 saturated heterocycles. The molecule has 0 aromatic carbocycles. The molecule has 2 rings (SSSR count). The number of nitrogens with two attached hydrogens (primary N) is 1. The number of hydrogen-bond acceptors (Lipinski definition) is 12. The highest BCUT2D eigenvalue weighted by Crippen LogP contribution is 2.21. The van der Waals surface area contributed by atoms with E-state index in [0.29, 0.717) is 0 Å². The van der Waals surface area contributed by atoms with E-state index in [0.717, 1.165) is 0 Å². The first-order chi connectivity index (χ1) is 11.0. The predicted octanol–water partition coefficient (Wildman–Crippen LogP) is -7.09. The summed E-state index contributed by atoms with van der Waals surface area (Å²) in [7, 11) is 0. The number of aliphatic hydroxyl groups is 10. The summed E-state index contributed by atoms with van der Waals surface area (Å²) in [5.74, 6) is 0. The fourth-order valence-electron chi connectivity index (χ4n) is 2.33. The van der Waals surface area contributed by atoms with Crippen molar-refractivity contribution in [3.05, 3.63) is 0 Å². The lowest BCUT2D eigenvalue weighted by Crippen LogP contribution is -2.63. The molecule has 12 nitrogen and oxygen atoms in total. The quantitative estimate of drug-likeness (QED) is 0.209. The van der Waals surface area contributed by atoms with Crippen molar-refractivity contribution in [3.63, 3.8) is 0 Å². The van der Waals surface area contributed by atoms with Crippen LogP contribution in [0.5, 0.6) is 0 Å². The summed E-state index contributed by atoms with van der Waals surface area (Å²) < 4.78 is 4.70. The zero-order chi connectivity index (χ0) is 18.8. The van der Waals surface area contributed by atoms with Crippen LogP contribution in [0.2, 0.25) is 0 Å². The van der Waals surface area contributed by atoms with Gasteiger partial charge in [0.05, 0.1) is 12.6 Å². The molecule has 2 aliphatic rings. The van der Waals surface area contributed by atoms with Crippen LogP contribution in [0.3, 0.4) is 0 Å². The summed E-state index contributed by atoms with van der Waals surface area (Å²) in [6.45, 7) is -0.470. The minimum absolute atomic E-state index is 0.470. The predicted molar refractivity (Wildman–Crippen MR) is 74.0 cm³/mol. The van der Waals surface area contributed by atoms with Crippen LogP contribution in [0, 0.1) is 0 Å². The second-order valence-electron chi connectivity index (χ2n) is 5.75. The van der Waals surface area contributed by atoms with Gasteiger partial charge in [-0.15, -0.1) is 0 Å². The topological polar surface area (TPSA) is 238 Å². The van der Waals surface area contributed by atoms with Crippen LogP contribution < -0.4 is 5.73 Å². The molecule has 0 amide bonds. The standard InChI is InChI=1S/C6H13NO5.C6H12O6/c7-3-5(10)4(9)2(1-8)12-6(3)11;7-1-2(8)4(10)6(12)5(11)3(1)9/h2-6,8-11H,1,7H2;1-12H/t2-,3-,4-,5-,6-;/m1./s1. The van der Waals surface area contributed by atoms with Gasteiger partial charge in [-0.25, -0.2) is 0 Å². The summed E-state index contributed by atoms with van der Waals surface area (Å²) in [5, 5.41) is 89.9. The van der Waals surface area contributed by atoms with Crippen molar-refractivity contribution in [2.75, 3.05) is 6.61 Å². The lowest BCUT2D eigenvalue weighted by atomic mass is 9.85. The Labute approximate surface area is 136 Å². The van der Waals surface area contributed by atoms with E-state index in [9.17, 15) is 10.2 Å². The average Bonchev–Trinajstić information content (AvgIpc) is 2.58. The maximum absolute atomic E-state index is 9.20. The molecule has 0 unspecified atom stereocenters. The Morgan fingerprint density at radius 3 is 1.21 bits per heavy atom. The summed E-state index contributed by atoms with van der Waals surface area (Å²) >= 11 is 0. The number of hydrogen-bond donors (Lipinski definition) is 11. The van der Waals surface area contributed by atoms with Gasteiger partial charge in [0.1, 0.15) is 54.9 Å². The normalized spacial score (nSPS) is 52.4. The van der Waals surface area contributed by atoms with Gasteiger partial charge in [-0.1, -0.05) is 0 Å². The van der Waals surface area contributed by atoms with E-state index in [2.05, 4.69) is 0 Å². The molecule has 0 radical (unpaired) electrons. The Kier molecular flexibility index (Phi) is 7.86. The van der Waals surface area contributed by atoms with E-state index >= 15 is 0 Å². The molecule has 0 aromatic heterocycles. The fourth-order valence-corrected chi connectivity index (χ4v) is 2.33. The number of aliphatic hydroxyl groups excluding tert-OH is 10. The second kappa shape index (κ2) is 8.75. The van der Waals surface area contributed by atoms with E-state index < -0.39 is 73.9 Å². The lowest BCUT2D eigenvalue weighted by molar-refractivity contribution is -0.248. The third-order valence-electron chi connectivity index (χ3n) is 4.05. The summed E-state index contributed by atoms with van der Waals surface area (Å²) in [6, 6.07) is -1.04. The van der Waals surface area contributed by atoms with Crippen molar-refractivity contribution in [3.8, 4) is 0 Å². The monoisotopic (exact) mass is 359 g/mol. The van der Waals surface area contributed by atoms with E-state index in [4.69, 9.17) is 51.3 Å². The maximum Gasteiger partial charge on any atom is 0.173 e. The molecule has 24 heavy (non-hydrogen) atoms. The summed E-state index contributed by atoms with van der Waals surface area (Å²) in [6.07, 6.45) is -14.7. The number of rotatable bonds is 1. The Hall–Kier alpha value is -0.480. The van der Waals surface area contributed by atoms with Gasteiger partial charge in [-0.2, -0.15) is 0 Å². The van der Waals surface area contributed by atoms with Crippen molar-refractivity contribution in [2.45, 2.75) is 67.3 Å². The molecule has 2 fully saturated rings. The Bertz CT molecular complexity index is 310. The van der Waals surface area contributed by atoms with Crippen LogP contribution in [0.25, 0.3) is 0 Å². The highest BCUT2D eigenvalue weighted by Gasteiger charge is 2.47. The Balaban J connectivity index is 0.000000240. The third kappa shape index (κ3) is 4.37. The molecule has 0 aromatic rings. The summed E-state index contributed by atoms with van der Waals surface area (Å²) in [4.78, 5) is 0. The molecule has 0 spiro atoms. The van der Waals surface area contributed by atoms with E-state index in [1.54, 1.807) is 0 Å². The molecule has 1 heterocycles. The van der Waals surface area contributed by atoms with E-state index in [1.165, 1.54) is 0 Å². The minimum Gasteiger partial charge on any atom is -0.394 e. The van der Waals surface area contributed by atoms with Gasteiger partial charge >= 0.3 is 0 Å². The highest BCUT2D eigenvalue weighted by molar-refractivity contribution is 4.98. The van der Waals surface area contributed by atoms with Gasteiger partial charge in [-0.05, 0) is 0 Å². The maximum atomic E-state index is 9.20. The Morgan fingerprint density at radius 2 is 0.917 bits per heavy atom. The van der Waals surface area contributed by atoms with Crippen molar-refractivity contribution >= 4 is 0 Å². The first-order valence-corrected chi connectivity index (χ1v) is 7.19. The molecule has 12 heteroatoms. The van der Waals surface area contributed by atoms with Crippen molar-refractivity contribution in [2.24, 2.45) is 5.73 Å². The SMILES string of the molecule is N[C@@H]1[C@@H](O)[C@H](O)[C@@H](CO)O[C@H]1O.OC1C(O)C(O)C(O)C(O)C1O. The molecule has 144 valence electrons. The molecule has 0 bridgehead atoms. The van der Waals surface area contributed by atoms with Gasteiger partial charge in [-0.3, -0.25) is 0 Å². The highest BCUT2D eigenvalue weighted by atomic mass is 16.6. The van der Waals surface area contributed by atoms with Gasteiger partial charge in [0, 0.05) is 0 Å². The molecule has 12 N–H and O–H groups in total. The first kappa shape index (κ1) is 21.6. The van der Waals surface area contributed by atoms with E-state index in [1.807, 2.05) is 0 Å². The first-order valence-electron chi connectivity index (χ1n) is 7.19. The van der Waals surface area contributed by atoms with Crippen molar-refractivity contribution in [1.29, 1.82) is 0 Å². The van der Waals surface area contributed by atoms with Crippen molar-refractivity contribution in [1.82, 2.24) is 0 Å². The smallest absolute Gasteiger partial charge is 0.173 e. The average molecular weight is 359 g/mol. The minimum atomic E-state index is -1.64. The zero-order valence-corrected chi connectivity index (χ0v) is 12.5. The van der Waals surface area contributed by atoms with Crippen LogP contribution in [-0.2, 0) is 4.74 Å².